The maximum absolute atomic E-state index is 15.2. The molecule has 2 atom stereocenters. The molecule has 2 fully saturated rings. The highest BCUT2D eigenvalue weighted by Crippen LogP contribution is 2.47. The number of rotatable bonds is 6. The molecule has 3 amide bonds. The summed E-state index contributed by atoms with van der Waals surface area (Å²) in [4.78, 5) is 30.4. The highest BCUT2D eigenvalue weighted by Gasteiger charge is 2.46. The summed E-state index contributed by atoms with van der Waals surface area (Å²) in [5, 5.41) is 3.42. The number of nitrogens with zero attached hydrogens (tertiary/aromatic N) is 3. The van der Waals surface area contributed by atoms with Gasteiger partial charge in [-0.15, -0.1) is 12.4 Å². The van der Waals surface area contributed by atoms with Crippen LogP contribution in [0.4, 0.5) is 22.4 Å². The summed E-state index contributed by atoms with van der Waals surface area (Å²) in [6.07, 6.45) is 2.88. The van der Waals surface area contributed by atoms with Crippen molar-refractivity contribution in [1.82, 2.24) is 20.0 Å². The summed E-state index contributed by atoms with van der Waals surface area (Å²) in [7, 11) is 1.36. The number of halogens is 7. The SMILES string of the molecule is CN1C(=O)c2c(F)c(F)c(F)c(F)c2C1C(CCN1CCC(N2CCCNC2=O)CC1)c1ccc(Cl)c(Cl)c1.Cl. The van der Waals surface area contributed by atoms with Crippen molar-refractivity contribution in [3.05, 3.63) is 68.2 Å². The van der Waals surface area contributed by atoms with E-state index in [0.717, 1.165) is 43.8 Å². The predicted octanol–water partition coefficient (Wildman–Crippen LogP) is 6.15. The Morgan fingerprint density at radius 2 is 1.65 bits per heavy atom. The molecule has 40 heavy (non-hydrogen) atoms. The Bertz CT molecular complexity index is 1310. The average Bonchev–Trinajstić information content (AvgIpc) is 3.19. The van der Waals surface area contributed by atoms with Crippen LogP contribution in [0.2, 0.25) is 10.0 Å². The number of likely N-dealkylation sites (tertiary alicyclic amines) is 1. The molecule has 6 nitrogen and oxygen atoms in total. The maximum Gasteiger partial charge on any atom is 0.317 e. The Hall–Kier alpha value is -2.27. The molecule has 3 aliphatic heterocycles. The lowest BCUT2D eigenvalue weighted by Gasteiger charge is -2.40. The van der Waals surface area contributed by atoms with Crippen LogP contribution in [0.15, 0.2) is 18.2 Å². The number of nitrogens with one attached hydrogen (secondary N) is 1. The average molecular weight is 624 g/mol. The zero-order valence-electron chi connectivity index (χ0n) is 21.7. The van der Waals surface area contributed by atoms with E-state index in [1.54, 1.807) is 18.2 Å². The second-order valence-corrected chi connectivity index (χ2v) is 11.1. The van der Waals surface area contributed by atoms with Gasteiger partial charge in [-0.2, -0.15) is 0 Å². The lowest BCUT2D eigenvalue weighted by Crippen LogP contribution is -2.54. The zero-order valence-corrected chi connectivity index (χ0v) is 24.0. The van der Waals surface area contributed by atoms with Crippen LogP contribution in [0.3, 0.4) is 0 Å². The van der Waals surface area contributed by atoms with Crippen LogP contribution in [-0.2, 0) is 0 Å². The van der Waals surface area contributed by atoms with Gasteiger partial charge in [0.25, 0.3) is 5.91 Å². The number of benzene rings is 2. The highest BCUT2D eigenvalue weighted by atomic mass is 35.5. The molecular weight excluding hydrogens is 595 g/mol. The second-order valence-electron chi connectivity index (χ2n) is 10.3. The summed E-state index contributed by atoms with van der Waals surface area (Å²) >= 11 is 12.4. The normalized spacial score (nSPS) is 20.8. The third-order valence-corrected chi connectivity index (χ3v) is 8.91. The van der Waals surface area contributed by atoms with E-state index in [9.17, 15) is 22.8 Å². The molecule has 0 saturated carbocycles. The molecule has 2 unspecified atom stereocenters. The van der Waals surface area contributed by atoms with Gasteiger partial charge in [0.2, 0.25) is 0 Å². The molecule has 218 valence electrons. The number of carbonyl (C=O) groups excluding carboxylic acids is 2. The van der Waals surface area contributed by atoms with Crippen molar-refractivity contribution in [1.29, 1.82) is 0 Å². The van der Waals surface area contributed by atoms with E-state index in [0.29, 0.717) is 30.1 Å². The van der Waals surface area contributed by atoms with E-state index >= 15 is 4.39 Å². The van der Waals surface area contributed by atoms with Crippen molar-refractivity contribution in [2.24, 2.45) is 0 Å². The molecule has 0 aromatic heterocycles. The van der Waals surface area contributed by atoms with Crippen molar-refractivity contribution in [3.63, 3.8) is 0 Å². The number of piperidine rings is 1. The van der Waals surface area contributed by atoms with Crippen molar-refractivity contribution in [2.45, 2.75) is 43.7 Å². The van der Waals surface area contributed by atoms with Crippen LogP contribution >= 0.6 is 35.6 Å². The first kappa shape index (κ1) is 30.7. The van der Waals surface area contributed by atoms with Gasteiger partial charge >= 0.3 is 6.03 Å². The lowest BCUT2D eigenvalue weighted by atomic mass is 9.83. The third kappa shape index (κ3) is 5.47. The monoisotopic (exact) mass is 622 g/mol. The second kappa shape index (κ2) is 12.3. The van der Waals surface area contributed by atoms with E-state index < -0.39 is 52.3 Å². The van der Waals surface area contributed by atoms with E-state index in [2.05, 4.69) is 10.2 Å². The van der Waals surface area contributed by atoms with Gasteiger partial charge in [0.05, 0.1) is 21.7 Å². The molecule has 0 spiro atoms. The Labute approximate surface area is 246 Å². The first-order valence-electron chi connectivity index (χ1n) is 12.9. The first-order chi connectivity index (χ1) is 18.6. The molecule has 0 bridgehead atoms. The van der Waals surface area contributed by atoms with Crippen LogP contribution in [0.1, 0.15) is 59.1 Å². The standard InChI is InChI=1S/C27H28Cl2F4N4O2.ClH/c1-35-25(19-20(26(35)38)22(31)24(33)23(32)21(19)30)16(14-3-4-17(28)18(29)13-14)7-12-36-10-5-15(6-11-36)37-9-2-8-34-27(37)39;/h3-4,13,15-16,25H,2,5-12H2,1H3,(H,34,39);1H. The minimum atomic E-state index is -2.01. The predicted molar refractivity (Wildman–Crippen MR) is 146 cm³/mol. The molecule has 2 aromatic carbocycles. The van der Waals surface area contributed by atoms with Crippen LogP contribution in [0.5, 0.6) is 0 Å². The van der Waals surface area contributed by atoms with E-state index in [1.165, 1.54) is 7.05 Å². The minimum Gasteiger partial charge on any atom is -0.338 e. The largest absolute Gasteiger partial charge is 0.338 e. The van der Waals surface area contributed by atoms with Crippen LogP contribution in [-0.4, -0.2) is 72.5 Å². The summed E-state index contributed by atoms with van der Waals surface area (Å²) in [5.74, 6) is -8.77. The molecule has 2 aromatic rings. The third-order valence-electron chi connectivity index (χ3n) is 8.17. The molecule has 0 radical (unpaired) electrons. The molecule has 3 aliphatic rings. The van der Waals surface area contributed by atoms with Gasteiger partial charge in [-0.3, -0.25) is 4.79 Å². The zero-order chi connectivity index (χ0) is 28.0. The Morgan fingerprint density at radius 1 is 0.975 bits per heavy atom. The van der Waals surface area contributed by atoms with Gasteiger partial charge in [-0.1, -0.05) is 29.3 Å². The van der Waals surface area contributed by atoms with Crippen LogP contribution in [0.25, 0.3) is 0 Å². The number of likely N-dealkylation sites (N-methyl/N-ethyl adjacent to an activating group) is 1. The van der Waals surface area contributed by atoms with Crippen molar-refractivity contribution < 1.29 is 27.2 Å². The van der Waals surface area contributed by atoms with Crippen molar-refractivity contribution in [2.75, 3.05) is 39.8 Å². The van der Waals surface area contributed by atoms with E-state index in [-0.39, 0.29) is 29.5 Å². The number of urea groups is 1. The summed E-state index contributed by atoms with van der Waals surface area (Å²) < 4.78 is 58.3. The quantitative estimate of drug-likeness (QED) is 0.239. The van der Waals surface area contributed by atoms with Gasteiger partial charge in [-0.05, 0) is 49.9 Å². The molecule has 3 heterocycles. The summed E-state index contributed by atoms with van der Waals surface area (Å²) in [6, 6.07) is 3.87. The molecule has 2 saturated heterocycles. The Balaban J connectivity index is 0.00000370. The van der Waals surface area contributed by atoms with Crippen LogP contribution in [0, 0.1) is 23.3 Å². The van der Waals surface area contributed by atoms with Crippen molar-refractivity contribution in [3.8, 4) is 0 Å². The molecule has 1 N–H and O–H groups in total. The fourth-order valence-electron chi connectivity index (χ4n) is 6.13. The highest BCUT2D eigenvalue weighted by molar-refractivity contribution is 6.42. The molecule has 13 heteroatoms. The van der Waals surface area contributed by atoms with Gasteiger partial charge in [0.15, 0.2) is 23.3 Å². The van der Waals surface area contributed by atoms with Crippen molar-refractivity contribution >= 4 is 47.5 Å². The van der Waals surface area contributed by atoms with Gasteiger partial charge in [0, 0.05) is 50.7 Å². The fourth-order valence-corrected chi connectivity index (χ4v) is 6.43. The number of hydrogen-bond donors (Lipinski definition) is 1. The topological polar surface area (TPSA) is 55.9 Å². The number of carbonyl (C=O) groups is 2. The van der Waals surface area contributed by atoms with Gasteiger partial charge < -0.3 is 20.0 Å². The molecule has 5 rings (SSSR count). The number of amides is 3. The first-order valence-corrected chi connectivity index (χ1v) is 13.7. The number of fused-ring (bicyclic) bond motifs is 1. The Morgan fingerprint density at radius 3 is 2.30 bits per heavy atom. The van der Waals surface area contributed by atoms with Gasteiger partial charge in [-0.25, -0.2) is 22.4 Å². The van der Waals surface area contributed by atoms with E-state index in [1.807, 2.05) is 4.90 Å². The smallest absolute Gasteiger partial charge is 0.317 e. The summed E-state index contributed by atoms with van der Waals surface area (Å²) in [6.45, 7) is 3.40. The minimum absolute atomic E-state index is 0. The molecule has 0 aliphatic carbocycles. The van der Waals surface area contributed by atoms with Crippen LogP contribution < -0.4 is 5.32 Å². The van der Waals surface area contributed by atoms with Gasteiger partial charge in [0.1, 0.15) is 0 Å². The number of hydrogen-bond acceptors (Lipinski definition) is 3. The summed E-state index contributed by atoms with van der Waals surface area (Å²) in [5.41, 5.74) is -0.680. The van der Waals surface area contributed by atoms with E-state index in [4.69, 9.17) is 23.2 Å². The fraction of sp³-hybridized carbons (Fsp3) is 0.481. The maximum atomic E-state index is 15.2. The Kier molecular flexibility index (Phi) is 9.44. The molecular formula is C27H29Cl3F4N4O2. The lowest BCUT2D eigenvalue weighted by molar-refractivity contribution is 0.0736.